The first kappa shape index (κ1) is 10.1. The fraction of sp³-hybridized carbons (Fsp3) is 0.571. The van der Waals surface area contributed by atoms with Crippen molar-refractivity contribution < 1.29 is 4.39 Å². The normalized spacial score (nSPS) is 27.1. The Morgan fingerprint density at radius 3 is 2.62 bits per heavy atom. The fourth-order valence-electron chi connectivity index (χ4n) is 3.51. The number of hydrogen-bond acceptors (Lipinski definition) is 1. The Labute approximate surface area is 96.3 Å². The Morgan fingerprint density at radius 2 is 1.88 bits per heavy atom. The van der Waals surface area contributed by atoms with E-state index in [1.54, 1.807) is 0 Å². The predicted octanol–water partition coefficient (Wildman–Crippen LogP) is 3.63. The van der Waals surface area contributed by atoms with Crippen LogP contribution in [0.5, 0.6) is 0 Å². The average Bonchev–Trinajstić information content (AvgIpc) is 2.55. The summed E-state index contributed by atoms with van der Waals surface area (Å²) in [4.78, 5) is 1.82. The number of rotatable bonds is 0. The highest BCUT2D eigenvalue weighted by Crippen LogP contribution is 2.52. The molecule has 1 nitrogen and oxygen atoms in total. The van der Waals surface area contributed by atoms with E-state index in [9.17, 15) is 4.39 Å². The molecule has 0 N–H and O–H groups in total. The van der Waals surface area contributed by atoms with Gasteiger partial charge in [0.15, 0.2) is 6.30 Å². The van der Waals surface area contributed by atoms with Crippen molar-refractivity contribution in [1.82, 2.24) is 0 Å². The Morgan fingerprint density at radius 1 is 1.19 bits per heavy atom. The van der Waals surface area contributed by atoms with Crippen LogP contribution in [0.15, 0.2) is 24.3 Å². The summed E-state index contributed by atoms with van der Waals surface area (Å²) in [6.45, 7) is 0. The van der Waals surface area contributed by atoms with Crippen molar-refractivity contribution in [2.24, 2.45) is 0 Å². The molecule has 1 aromatic rings. The number of likely N-dealkylation sites (N-methyl/N-ethyl adjacent to an activating group) is 1. The molecule has 1 atom stereocenters. The topological polar surface area (TPSA) is 3.24 Å². The number of halogens is 1. The van der Waals surface area contributed by atoms with Crippen LogP contribution in [-0.2, 0) is 5.41 Å². The molecule has 2 heteroatoms. The van der Waals surface area contributed by atoms with Crippen LogP contribution in [0.4, 0.5) is 10.1 Å². The van der Waals surface area contributed by atoms with Crippen LogP contribution in [0.3, 0.4) is 0 Å². The van der Waals surface area contributed by atoms with Gasteiger partial charge in [-0.1, -0.05) is 37.5 Å². The lowest BCUT2D eigenvalue weighted by atomic mass is 9.70. The number of fused-ring (bicyclic) bond motifs is 2. The van der Waals surface area contributed by atoms with Gasteiger partial charge in [0.2, 0.25) is 0 Å². The first-order valence-corrected chi connectivity index (χ1v) is 6.22. The summed E-state index contributed by atoms with van der Waals surface area (Å²) in [6, 6.07) is 8.22. The Hall–Kier alpha value is -1.05. The molecule has 1 unspecified atom stereocenters. The van der Waals surface area contributed by atoms with E-state index < -0.39 is 6.30 Å². The van der Waals surface area contributed by atoms with E-state index in [4.69, 9.17) is 0 Å². The molecule has 0 aromatic heterocycles. The van der Waals surface area contributed by atoms with Crippen LogP contribution >= 0.6 is 0 Å². The number of alkyl halides is 1. The molecule has 0 saturated heterocycles. The first-order valence-electron chi connectivity index (χ1n) is 6.22. The third-order valence-corrected chi connectivity index (χ3v) is 4.36. The van der Waals surface area contributed by atoms with Crippen LogP contribution < -0.4 is 4.90 Å². The molecule has 1 spiro atoms. The minimum absolute atomic E-state index is 0.205. The molecule has 1 aliphatic carbocycles. The zero-order chi connectivity index (χ0) is 11.2. The third kappa shape index (κ3) is 1.16. The summed E-state index contributed by atoms with van der Waals surface area (Å²) in [7, 11) is 1.88. The van der Waals surface area contributed by atoms with E-state index in [1.165, 1.54) is 24.8 Å². The number of nitrogens with zero attached hydrogens (tertiary/aromatic N) is 1. The van der Waals surface area contributed by atoms with Crippen molar-refractivity contribution in [3.05, 3.63) is 29.8 Å². The average molecular weight is 219 g/mol. The fourth-order valence-corrected chi connectivity index (χ4v) is 3.51. The van der Waals surface area contributed by atoms with Gasteiger partial charge in [-0.15, -0.1) is 0 Å². The largest absolute Gasteiger partial charge is 0.344 e. The van der Waals surface area contributed by atoms with Gasteiger partial charge < -0.3 is 4.90 Å². The van der Waals surface area contributed by atoms with Gasteiger partial charge in [0.25, 0.3) is 0 Å². The van der Waals surface area contributed by atoms with Crippen molar-refractivity contribution in [2.45, 2.75) is 43.8 Å². The van der Waals surface area contributed by atoms with Crippen LogP contribution in [0.25, 0.3) is 0 Å². The monoisotopic (exact) mass is 219 g/mol. The van der Waals surface area contributed by atoms with Crippen molar-refractivity contribution in [2.75, 3.05) is 11.9 Å². The van der Waals surface area contributed by atoms with Gasteiger partial charge in [-0.2, -0.15) is 0 Å². The van der Waals surface area contributed by atoms with Crippen molar-refractivity contribution in [3.63, 3.8) is 0 Å². The molecule has 0 bridgehead atoms. The molecule has 3 rings (SSSR count). The highest BCUT2D eigenvalue weighted by atomic mass is 19.1. The number of hydrogen-bond donors (Lipinski definition) is 0. The summed E-state index contributed by atoms with van der Waals surface area (Å²) >= 11 is 0. The summed E-state index contributed by atoms with van der Waals surface area (Å²) in [5.41, 5.74) is 2.13. The lowest BCUT2D eigenvalue weighted by Crippen LogP contribution is -2.41. The molecule has 1 heterocycles. The molecule has 2 aliphatic rings. The van der Waals surface area contributed by atoms with Crippen molar-refractivity contribution >= 4 is 5.69 Å². The maximum absolute atomic E-state index is 14.6. The SMILES string of the molecule is CN1c2ccccc2C2(CCCCC2)C1F. The van der Waals surface area contributed by atoms with Crippen LogP contribution in [0, 0.1) is 0 Å². The van der Waals surface area contributed by atoms with Crippen LogP contribution in [0.2, 0.25) is 0 Å². The quantitative estimate of drug-likeness (QED) is 0.602. The molecule has 16 heavy (non-hydrogen) atoms. The Balaban J connectivity index is 2.12. The van der Waals surface area contributed by atoms with E-state index in [0.717, 1.165) is 18.5 Å². The highest BCUT2D eigenvalue weighted by Gasteiger charge is 2.50. The predicted molar refractivity (Wildman–Crippen MR) is 64.5 cm³/mol. The maximum atomic E-state index is 14.6. The van der Waals surface area contributed by atoms with E-state index in [0.29, 0.717) is 0 Å². The highest BCUT2D eigenvalue weighted by molar-refractivity contribution is 5.63. The van der Waals surface area contributed by atoms with Crippen molar-refractivity contribution in [1.29, 1.82) is 0 Å². The smallest absolute Gasteiger partial charge is 0.182 e. The van der Waals surface area contributed by atoms with Crippen LogP contribution in [-0.4, -0.2) is 13.3 Å². The minimum atomic E-state index is -0.829. The van der Waals surface area contributed by atoms with Crippen LogP contribution in [0.1, 0.15) is 37.7 Å². The second-order valence-corrected chi connectivity index (χ2v) is 5.18. The molecule has 1 saturated carbocycles. The summed E-state index contributed by atoms with van der Waals surface area (Å²) in [6.07, 6.45) is 4.79. The Bertz CT molecular complexity index is 395. The molecule has 1 fully saturated rings. The summed E-state index contributed by atoms with van der Waals surface area (Å²) in [5.74, 6) is 0. The molecule has 1 aromatic carbocycles. The second-order valence-electron chi connectivity index (χ2n) is 5.18. The van der Waals surface area contributed by atoms with E-state index in [2.05, 4.69) is 6.07 Å². The van der Waals surface area contributed by atoms with Gasteiger partial charge in [-0.3, -0.25) is 0 Å². The zero-order valence-electron chi connectivity index (χ0n) is 9.75. The van der Waals surface area contributed by atoms with E-state index in [1.807, 2.05) is 30.1 Å². The maximum Gasteiger partial charge on any atom is 0.182 e. The van der Waals surface area contributed by atoms with Gasteiger partial charge in [-0.05, 0) is 24.5 Å². The van der Waals surface area contributed by atoms with Gasteiger partial charge in [0, 0.05) is 18.2 Å². The molecule has 0 radical (unpaired) electrons. The third-order valence-electron chi connectivity index (χ3n) is 4.36. The van der Waals surface area contributed by atoms with Gasteiger partial charge in [0.1, 0.15) is 0 Å². The van der Waals surface area contributed by atoms with Gasteiger partial charge in [0.05, 0.1) is 0 Å². The Kier molecular flexibility index (Phi) is 2.20. The molecular weight excluding hydrogens is 201 g/mol. The molecule has 0 amide bonds. The van der Waals surface area contributed by atoms with Gasteiger partial charge in [-0.25, -0.2) is 4.39 Å². The summed E-state index contributed by atoms with van der Waals surface area (Å²) in [5, 5.41) is 0. The van der Waals surface area contributed by atoms with E-state index >= 15 is 0 Å². The minimum Gasteiger partial charge on any atom is -0.344 e. The lowest BCUT2D eigenvalue weighted by molar-refractivity contribution is 0.153. The number of para-hydroxylation sites is 1. The standard InChI is InChI=1S/C14H18FN/c1-16-12-8-4-3-7-11(12)14(13(16)15)9-5-2-6-10-14/h3-4,7-8,13H,2,5-6,9-10H2,1H3. The van der Waals surface area contributed by atoms with E-state index in [-0.39, 0.29) is 5.41 Å². The lowest BCUT2D eigenvalue weighted by Gasteiger charge is -2.36. The van der Waals surface area contributed by atoms with Crippen molar-refractivity contribution in [3.8, 4) is 0 Å². The second kappa shape index (κ2) is 3.47. The molecule has 86 valence electrons. The van der Waals surface area contributed by atoms with Gasteiger partial charge >= 0.3 is 0 Å². The first-order chi connectivity index (χ1) is 7.76. The molecule has 1 aliphatic heterocycles. The molecular formula is C14H18FN. The summed E-state index contributed by atoms with van der Waals surface area (Å²) < 4.78 is 14.6. The zero-order valence-corrected chi connectivity index (χ0v) is 9.75. The number of benzene rings is 1. The number of anilines is 1.